The lowest BCUT2D eigenvalue weighted by Crippen LogP contribution is -2.41. The molecule has 0 saturated carbocycles. The second kappa shape index (κ2) is 6.79. The Morgan fingerprint density at radius 3 is 2.67 bits per heavy atom. The quantitative estimate of drug-likeness (QED) is 0.758. The van der Waals surface area contributed by atoms with Crippen LogP contribution in [0.25, 0.3) is 0 Å². The van der Waals surface area contributed by atoms with Gasteiger partial charge in [-0.15, -0.1) is 0 Å². The third-order valence-corrected chi connectivity index (χ3v) is 3.96. The first-order valence-electron chi connectivity index (χ1n) is 5.47. The second-order valence-corrected chi connectivity index (χ2v) is 5.45. The zero-order valence-electron chi connectivity index (χ0n) is 10.1. The molecule has 102 valence electrons. The van der Waals surface area contributed by atoms with Crippen LogP contribution in [0.2, 0.25) is 0 Å². The Labute approximate surface area is 106 Å². The summed E-state index contributed by atoms with van der Waals surface area (Å²) in [6.07, 6.45) is 0.431. The third kappa shape index (κ3) is 4.02. The van der Waals surface area contributed by atoms with E-state index in [1.165, 1.54) is 25.3 Å². The molecule has 0 saturated heterocycles. The van der Waals surface area contributed by atoms with E-state index < -0.39 is 21.9 Å². The van der Waals surface area contributed by atoms with Gasteiger partial charge in [-0.25, -0.2) is 17.5 Å². The van der Waals surface area contributed by atoms with Crippen molar-refractivity contribution in [2.45, 2.75) is 17.4 Å². The molecule has 7 heteroatoms. The molecule has 0 aromatic heterocycles. The molecule has 1 atom stereocenters. The molecule has 1 rings (SSSR count). The predicted octanol–water partition coefficient (Wildman–Crippen LogP) is 0.468. The molecule has 0 aliphatic heterocycles. The number of ether oxygens (including phenoxy) is 1. The van der Waals surface area contributed by atoms with E-state index in [9.17, 15) is 12.8 Å². The minimum absolute atomic E-state index is 0.122. The first-order valence-corrected chi connectivity index (χ1v) is 6.95. The molecule has 0 radical (unpaired) electrons. The molecule has 1 unspecified atom stereocenters. The molecule has 0 spiro atoms. The van der Waals surface area contributed by atoms with Gasteiger partial charge >= 0.3 is 0 Å². The number of benzene rings is 1. The summed E-state index contributed by atoms with van der Waals surface area (Å²) >= 11 is 0. The molecule has 1 aromatic carbocycles. The maximum atomic E-state index is 13.4. The van der Waals surface area contributed by atoms with Gasteiger partial charge in [0.2, 0.25) is 10.0 Å². The van der Waals surface area contributed by atoms with Crippen LogP contribution in [0.15, 0.2) is 29.2 Å². The maximum absolute atomic E-state index is 13.4. The lowest BCUT2D eigenvalue weighted by atomic mass is 10.2. The number of methoxy groups -OCH3 is 1. The van der Waals surface area contributed by atoms with Gasteiger partial charge in [0.25, 0.3) is 0 Å². The van der Waals surface area contributed by atoms with Crippen molar-refractivity contribution in [3.05, 3.63) is 30.1 Å². The number of hydrogen-bond donors (Lipinski definition) is 2. The minimum Gasteiger partial charge on any atom is -0.385 e. The Hall–Kier alpha value is -1.02. The van der Waals surface area contributed by atoms with E-state index >= 15 is 0 Å². The summed E-state index contributed by atoms with van der Waals surface area (Å²) in [6.45, 7) is 0.499. The van der Waals surface area contributed by atoms with Crippen LogP contribution in [0.1, 0.15) is 6.42 Å². The summed E-state index contributed by atoms with van der Waals surface area (Å²) in [5, 5.41) is 0. The fraction of sp³-hybridized carbons (Fsp3) is 0.455. The zero-order valence-corrected chi connectivity index (χ0v) is 10.9. The fourth-order valence-electron chi connectivity index (χ4n) is 1.43. The molecule has 1 aromatic rings. The summed E-state index contributed by atoms with van der Waals surface area (Å²) in [6, 6.07) is 4.72. The van der Waals surface area contributed by atoms with E-state index in [1.54, 1.807) is 0 Å². The highest BCUT2D eigenvalue weighted by Crippen LogP contribution is 2.13. The van der Waals surface area contributed by atoms with Crippen LogP contribution in [-0.2, 0) is 14.8 Å². The monoisotopic (exact) mass is 276 g/mol. The first-order chi connectivity index (χ1) is 8.51. The van der Waals surface area contributed by atoms with Crippen LogP contribution in [0, 0.1) is 5.82 Å². The molecular formula is C11H17FN2O3S. The lowest BCUT2D eigenvalue weighted by molar-refractivity contribution is 0.186. The molecule has 3 N–H and O–H groups in total. The Morgan fingerprint density at radius 2 is 2.11 bits per heavy atom. The van der Waals surface area contributed by atoms with Crippen LogP contribution in [-0.4, -0.2) is 34.7 Å². The first kappa shape index (κ1) is 15.0. The SMILES string of the molecule is COCCC(CN)NS(=O)(=O)c1ccccc1F. The highest BCUT2D eigenvalue weighted by atomic mass is 32.2. The summed E-state index contributed by atoms with van der Waals surface area (Å²) in [5.74, 6) is -0.785. The van der Waals surface area contributed by atoms with E-state index in [0.717, 1.165) is 6.07 Å². The number of nitrogens with two attached hydrogens (primary N) is 1. The summed E-state index contributed by atoms with van der Waals surface area (Å²) in [4.78, 5) is -0.374. The molecular weight excluding hydrogens is 259 g/mol. The highest BCUT2D eigenvalue weighted by Gasteiger charge is 2.21. The minimum atomic E-state index is -3.89. The van der Waals surface area contributed by atoms with Crippen molar-refractivity contribution in [1.29, 1.82) is 0 Å². The van der Waals surface area contributed by atoms with Crippen LogP contribution < -0.4 is 10.5 Å². The number of hydrogen-bond acceptors (Lipinski definition) is 4. The van der Waals surface area contributed by atoms with E-state index in [2.05, 4.69) is 4.72 Å². The number of nitrogens with one attached hydrogen (secondary N) is 1. The Bertz CT molecular complexity index is 479. The highest BCUT2D eigenvalue weighted by molar-refractivity contribution is 7.89. The average molecular weight is 276 g/mol. The number of sulfonamides is 1. The van der Waals surface area contributed by atoms with E-state index in [0.29, 0.717) is 13.0 Å². The Balaban J connectivity index is 2.84. The molecule has 0 aliphatic rings. The number of rotatable bonds is 7. The molecule has 0 heterocycles. The van der Waals surface area contributed by atoms with E-state index in [4.69, 9.17) is 10.5 Å². The van der Waals surface area contributed by atoms with Crippen molar-refractivity contribution in [2.24, 2.45) is 5.73 Å². The molecule has 0 fully saturated rings. The molecule has 18 heavy (non-hydrogen) atoms. The van der Waals surface area contributed by atoms with E-state index in [-0.39, 0.29) is 11.4 Å². The van der Waals surface area contributed by atoms with Crippen LogP contribution in [0.4, 0.5) is 4.39 Å². The topological polar surface area (TPSA) is 81.4 Å². The second-order valence-electron chi connectivity index (χ2n) is 3.77. The standard InChI is InChI=1S/C11H17FN2O3S/c1-17-7-6-9(8-13)14-18(15,16)11-5-3-2-4-10(11)12/h2-5,9,14H,6-8,13H2,1H3. The molecule has 0 amide bonds. The smallest absolute Gasteiger partial charge is 0.243 e. The fourth-order valence-corrected chi connectivity index (χ4v) is 2.79. The maximum Gasteiger partial charge on any atom is 0.243 e. The van der Waals surface area contributed by atoms with Gasteiger partial charge in [-0.3, -0.25) is 0 Å². The Morgan fingerprint density at radius 1 is 1.44 bits per heavy atom. The average Bonchev–Trinajstić information content (AvgIpc) is 2.34. The van der Waals surface area contributed by atoms with Crippen molar-refractivity contribution in [3.8, 4) is 0 Å². The van der Waals surface area contributed by atoms with Gasteiger partial charge in [0, 0.05) is 26.3 Å². The zero-order chi connectivity index (χ0) is 13.6. The summed E-state index contributed by atoms with van der Waals surface area (Å²) in [7, 11) is -2.38. The van der Waals surface area contributed by atoms with Crippen molar-refractivity contribution >= 4 is 10.0 Å². The van der Waals surface area contributed by atoms with Gasteiger partial charge in [0.15, 0.2) is 0 Å². The lowest BCUT2D eigenvalue weighted by Gasteiger charge is -2.16. The predicted molar refractivity (Wildman–Crippen MR) is 66.1 cm³/mol. The van der Waals surface area contributed by atoms with Gasteiger partial charge in [-0.2, -0.15) is 0 Å². The molecule has 0 bridgehead atoms. The summed E-state index contributed by atoms with van der Waals surface area (Å²) < 4.78 is 44.5. The van der Waals surface area contributed by atoms with Gasteiger partial charge < -0.3 is 10.5 Å². The van der Waals surface area contributed by atoms with Crippen LogP contribution >= 0.6 is 0 Å². The van der Waals surface area contributed by atoms with Crippen molar-refractivity contribution in [1.82, 2.24) is 4.72 Å². The molecule has 0 aliphatic carbocycles. The summed E-state index contributed by atoms with van der Waals surface area (Å²) in [5.41, 5.74) is 5.46. The van der Waals surface area contributed by atoms with Crippen LogP contribution in [0.5, 0.6) is 0 Å². The van der Waals surface area contributed by atoms with E-state index in [1.807, 2.05) is 0 Å². The largest absolute Gasteiger partial charge is 0.385 e. The Kier molecular flexibility index (Phi) is 5.67. The van der Waals surface area contributed by atoms with Crippen molar-refractivity contribution in [3.63, 3.8) is 0 Å². The molecule has 5 nitrogen and oxygen atoms in total. The van der Waals surface area contributed by atoms with Gasteiger partial charge in [0.05, 0.1) is 0 Å². The van der Waals surface area contributed by atoms with Crippen molar-refractivity contribution in [2.75, 3.05) is 20.3 Å². The van der Waals surface area contributed by atoms with Gasteiger partial charge in [-0.05, 0) is 18.6 Å². The van der Waals surface area contributed by atoms with Gasteiger partial charge in [-0.1, -0.05) is 12.1 Å². The number of halogens is 1. The van der Waals surface area contributed by atoms with Crippen LogP contribution in [0.3, 0.4) is 0 Å². The normalized spacial score (nSPS) is 13.5. The van der Waals surface area contributed by atoms with Crippen molar-refractivity contribution < 1.29 is 17.5 Å². The third-order valence-electron chi connectivity index (χ3n) is 2.40. The van der Waals surface area contributed by atoms with Gasteiger partial charge in [0.1, 0.15) is 10.7 Å².